The Labute approximate surface area is 102 Å². The van der Waals surface area contributed by atoms with Crippen LogP contribution in [0.3, 0.4) is 0 Å². The molecular weight excluding hydrogens is 246 g/mol. The Morgan fingerprint density at radius 3 is 2.81 bits per heavy atom. The molecule has 0 aliphatic rings. The molecule has 84 valence electrons. The lowest BCUT2D eigenvalue weighted by molar-refractivity contribution is 0.390. The monoisotopic (exact) mass is 255 g/mol. The zero-order valence-corrected chi connectivity index (χ0v) is 10.2. The second kappa shape index (κ2) is 4.80. The Kier molecular flexibility index (Phi) is 3.41. The van der Waals surface area contributed by atoms with E-state index in [1.165, 1.54) is 5.56 Å². The Bertz CT molecular complexity index is 547. The highest BCUT2D eigenvalue weighted by Gasteiger charge is 2.10. The number of hydrogen-bond acceptors (Lipinski definition) is 3. The first-order valence-electron chi connectivity index (χ1n) is 4.73. The summed E-state index contributed by atoms with van der Waals surface area (Å²) in [7, 11) is 0. The third kappa shape index (κ3) is 2.33. The van der Waals surface area contributed by atoms with Crippen LogP contribution in [0, 0.1) is 6.92 Å². The number of nitrogens with one attached hydrogen (secondary N) is 1. The molecule has 0 unspecified atom stereocenters. The highest BCUT2D eigenvalue weighted by atomic mass is 35.5. The number of hydrogen-bond donors (Lipinski definition) is 1. The molecule has 2 rings (SSSR count). The average Bonchev–Trinajstić information content (AvgIpc) is 2.59. The van der Waals surface area contributed by atoms with Crippen LogP contribution in [-0.4, -0.2) is 5.16 Å². The van der Waals surface area contributed by atoms with Gasteiger partial charge in [0, 0.05) is 4.90 Å². The molecule has 1 aromatic heterocycles. The zero-order valence-electron chi connectivity index (χ0n) is 8.62. The molecule has 0 atom stereocenters. The van der Waals surface area contributed by atoms with Gasteiger partial charge in [0.1, 0.15) is 0 Å². The summed E-state index contributed by atoms with van der Waals surface area (Å²) in [4.78, 5) is 12.2. The third-order valence-corrected chi connectivity index (χ3v) is 3.72. The fraction of sp³-hybridized carbons (Fsp3) is 0.182. The number of aryl methyl sites for hydroxylation is 1. The van der Waals surface area contributed by atoms with Gasteiger partial charge >= 0.3 is 0 Å². The summed E-state index contributed by atoms with van der Waals surface area (Å²) >= 11 is 7.35. The molecule has 0 saturated carbocycles. The summed E-state index contributed by atoms with van der Waals surface area (Å²) in [5.41, 5.74) is 0.823. The second-order valence-corrected chi connectivity index (χ2v) is 4.72. The van der Waals surface area contributed by atoms with E-state index in [1.807, 2.05) is 31.2 Å². The number of aromatic amines is 1. The van der Waals surface area contributed by atoms with Crippen molar-refractivity contribution in [2.24, 2.45) is 0 Å². The van der Waals surface area contributed by atoms with Gasteiger partial charge in [-0.3, -0.25) is 4.79 Å². The summed E-state index contributed by atoms with van der Waals surface area (Å²) in [5.74, 6) is 1.03. The predicted molar refractivity (Wildman–Crippen MR) is 65.1 cm³/mol. The van der Waals surface area contributed by atoms with E-state index in [1.54, 1.807) is 11.8 Å². The molecule has 3 nitrogen and oxygen atoms in total. The first-order chi connectivity index (χ1) is 7.68. The Hall–Kier alpha value is -1.13. The van der Waals surface area contributed by atoms with E-state index in [0.29, 0.717) is 11.5 Å². The molecule has 0 aliphatic heterocycles. The second-order valence-electron chi connectivity index (χ2n) is 3.32. The lowest BCUT2D eigenvalue weighted by Gasteiger charge is -2.02. The maximum atomic E-state index is 11.0. The van der Waals surface area contributed by atoms with E-state index < -0.39 is 0 Å². The van der Waals surface area contributed by atoms with Crippen LogP contribution >= 0.6 is 23.4 Å². The van der Waals surface area contributed by atoms with Crippen molar-refractivity contribution in [3.05, 3.63) is 51.0 Å². The van der Waals surface area contributed by atoms with Gasteiger partial charge in [-0.1, -0.05) is 29.8 Å². The maximum absolute atomic E-state index is 11.0. The molecule has 0 bridgehead atoms. The van der Waals surface area contributed by atoms with Crippen LogP contribution in [0.15, 0.2) is 38.5 Å². The van der Waals surface area contributed by atoms with E-state index in [0.717, 1.165) is 4.90 Å². The first-order valence-corrected chi connectivity index (χ1v) is 6.09. The van der Waals surface area contributed by atoms with E-state index in [-0.39, 0.29) is 10.6 Å². The Morgan fingerprint density at radius 1 is 1.44 bits per heavy atom. The van der Waals surface area contributed by atoms with Crippen molar-refractivity contribution in [2.75, 3.05) is 0 Å². The molecule has 0 aliphatic carbocycles. The summed E-state index contributed by atoms with van der Waals surface area (Å²) in [5, 5.41) is 2.35. The highest BCUT2D eigenvalue weighted by molar-refractivity contribution is 7.98. The summed E-state index contributed by atoms with van der Waals surface area (Å²) in [6.07, 6.45) is 0. The number of rotatable bonds is 3. The van der Waals surface area contributed by atoms with Crippen LogP contribution in [0.4, 0.5) is 0 Å². The average molecular weight is 256 g/mol. The molecule has 1 aromatic carbocycles. The number of thioether (sulfide) groups is 1. The SMILES string of the molecule is Cc1ccccc1SCc1o[nH]c(=O)c1Cl. The molecule has 1 heterocycles. The van der Waals surface area contributed by atoms with Crippen molar-refractivity contribution in [3.63, 3.8) is 0 Å². The molecule has 0 saturated heterocycles. The summed E-state index contributed by atoms with van der Waals surface area (Å²) < 4.78 is 4.97. The molecule has 2 aromatic rings. The topological polar surface area (TPSA) is 46.0 Å². The largest absolute Gasteiger partial charge is 0.381 e. The van der Waals surface area contributed by atoms with Crippen LogP contribution in [0.1, 0.15) is 11.3 Å². The van der Waals surface area contributed by atoms with Crippen molar-refractivity contribution in [3.8, 4) is 0 Å². The van der Waals surface area contributed by atoms with Gasteiger partial charge in [-0.05, 0) is 18.6 Å². The van der Waals surface area contributed by atoms with Gasteiger partial charge in [-0.25, -0.2) is 0 Å². The Balaban J connectivity index is 2.11. The number of H-pyrrole nitrogens is 1. The lowest BCUT2D eigenvalue weighted by Crippen LogP contribution is -1.96. The zero-order chi connectivity index (χ0) is 11.5. The Morgan fingerprint density at radius 2 is 2.19 bits per heavy atom. The van der Waals surface area contributed by atoms with Gasteiger partial charge in [0.15, 0.2) is 10.8 Å². The van der Waals surface area contributed by atoms with Crippen LogP contribution in [-0.2, 0) is 5.75 Å². The van der Waals surface area contributed by atoms with Crippen molar-refractivity contribution in [1.29, 1.82) is 0 Å². The van der Waals surface area contributed by atoms with Gasteiger partial charge in [-0.15, -0.1) is 11.8 Å². The first kappa shape index (κ1) is 11.4. The van der Waals surface area contributed by atoms with Crippen molar-refractivity contribution >= 4 is 23.4 Å². The molecule has 0 spiro atoms. The minimum Gasteiger partial charge on any atom is -0.381 e. The van der Waals surface area contributed by atoms with Crippen molar-refractivity contribution in [2.45, 2.75) is 17.6 Å². The highest BCUT2D eigenvalue weighted by Crippen LogP contribution is 2.27. The standard InChI is InChI=1S/C11H10ClNO2S/c1-7-4-2-3-5-9(7)16-6-8-10(12)11(14)13-15-8/h2-5H,6H2,1H3,(H,13,14). The normalized spacial score (nSPS) is 10.6. The van der Waals surface area contributed by atoms with E-state index in [4.69, 9.17) is 16.1 Å². The van der Waals surface area contributed by atoms with Gasteiger partial charge in [0.25, 0.3) is 5.56 Å². The molecule has 0 radical (unpaired) electrons. The number of halogens is 1. The summed E-state index contributed by atoms with van der Waals surface area (Å²) in [6.45, 7) is 2.04. The minimum absolute atomic E-state index is 0.140. The predicted octanol–water partition coefficient (Wildman–Crippen LogP) is 3.22. The van der Waals surface area contributed by atoms with Crippen LogP contribution < -0.4 is 5.56 Å². The van der Waals surface area contributed by atoms with Crippen LogP contribution in [0.25, 0.3) is 0 Å². The smallest absolute Gasteiger partial charge is 0.298 e. The molecule has 1 N–H and O–H groups in total. The third-order valence-electron chi connectivity index (χ3n) is 2.16. The maximum Gasteiger partial charge on any atom is 0.298 e. The lowest BCUT2D eigenvalue weighted by atomic mass is 10.2. The van der Waals surface area contributed by atoms with Crippen molar-refractivity contribution < 1.29 is 4.52 Å². The molecule has 16 heavy (non-hydrogen) atoms. The molecular formula is C11H10ClNO2S. The van der Waals surface area contributed by atoms with Crippen LogP contribution in [0.2, 0.25) is 5.02 Å². The van der Waals surface area contributed by atoms with Crippen LogP contribution in [0.5, 0.6) is 0 Å². The van der Waals surface area contributed by atoms with E-state index >= 15 is 0 Å². The van der Waals surface area contributed by atoms with Gasteiger partial charge in [-0.2, -0.15) is 5.16 Å². The van der Waals surface area contributed by atoms with Crippen molar-refractivity contribution in [1.82, 2.24) is 5.16 Å². The fourth-order valence-electron chi connectivity index (χ4n) is 1.28. The van der Waals surface area contributed by atoms with E-state index in [9.17, 15) is 4.79 Å². The molecule has 0 fully saturated rings. The van der Waals surface area contributed by atoms with Gasteiger partial charge < -0.3 is 4.52 Å². The molecule has 5 heteroatoms. The minimum atomic E-state index is -0.373. The van der Waals surface area contributed by atoms with E-state index in [2.05, 4.69) is 5.16 Å². The van der Waals surface area contributed by atoms with Gasteiger partial charge in [0.05, 0.1) is 5.75 Å². The quantitative estimate of drug-likeness (QED) is 0.857. The summed E-state index contributed by atoms with van der Waals surface area (Å²) in [6, 6.07) is 8.03. The number of benzene rings is 1. The van der Waals surface area contributed by atoms with Gasteiger partial charge in [0.2, 0.25) is 0 Å². The molecule has 0 amide bonds. The fourth-order valence-corrected chi connectivity index (χ4v) is 2.46. The number of aromatic nitrogens is 1.